The molecule has 2 heterocycles. The third-order valence-corrected chi connectivity index (χ3v) is 5.92. The molecule has 186 valence electrons. The highest BCUT2D eigenvalue weighted by Gasteiger charge is 2.26. The Hall–Kier alpha value is -4.20. The SMILES string of the molecule is CCc1ccc(OCC(=O)c2ccc3c(c2)N(CCCC(=O)NCc2cccnc2)C(=O)CO3)cc1. The Labute approximate surface area is 210 Å². The number of ketones is 1. The maximum Gasteiger partial charge on any atom is 0.265 e. The van der Waals surface area contributed by atoms with Crippen LogP contribution in [0, 0.1) is 0 Å². The van der Waals surface area contributed by atoms with Gasteiger partial charge in [-0.3, -0.25) is 19.4 Å². The normalized spacial score (nSPS) is 12.5. The van der Waals surface area contributed by atoms with Gasteiger partial charge in [0.15, 0.2) is 19.0 Å². The van der Waals surface area contributed by atoms with Crippen molar-refractivity contribution in [1.82, 2.24) is 10.3 Å². The summed E-state index contributed by atoms with van der Waals surface area (Å²) in [7, 11) is 0. The topological polar surface area (TPSA) is 97.8 Å². The van der Waals surface area contributed by atoms with Gasteiger partial charge in [-0.25, -0.2) is 0 Å². The van der Waals surface area contributed by atoms with Crippen LogP contribution in [0.3, 0.4) is 0 Å². The molecule has 0 spiro atoms. The van der Waals surface area contributed by atoms with Gasteiger partial charge < -0.3 is 19.7 Å². The summed E-state index contributed by atoms with van der Waals surface area (Å²) in [5, 5.41) is 2.86. The van der Waals surface area contributed by atoms with E-state index in [1.807, 2.05) is 36.4 Å². The first kappa shape index (κ1) is 24.9. The van der Waals surface area contributed by atoms with E-state index in [0.717, 1.165) is 12.0 Å². The molecular weight excluding hydrogens is 458 g/mol. The third kappa shape index (κ3) is 6.47. The molecule has 0 fully saturated rings. The minimum absolute atomic E-state index is 0.0790. The number of ether oxygens (including phenoxy) is 2. The number of nitrogens with zero attached hydrogens (tertiary/aromatic N) is 2. The van der Waals surface area contributed by atoms with E-state index in [9.17, 15) is 14.4 Å². The van der Waals surface area contributed by atoms with E-state index in [4.69, 9.17) is 9.47 Å². The van der Waals surface area contributed by atoms with Crippen LogP contribution in [0.1, 0.15) is 41.3 Å². The number of aryl methyl sites for hydroxylation is 1. The molecule has 1 aromatic heterocycles. The highest BCUT2D eigenvalue weighted by atomic mass is 16.5. The number of aromatic nitrogens is 1. The Bertz CT molecular complexity index is 1210. The van der Waals surface area contributed by atoms with Crippen LogP contribution in [0.25, 0.3) is 0 Å². The minimum atomic E-state index is -0.213. The van der Waals surface area contributed by atoms with Crippen molar-refractivity contribution in [2.45, 2.75) is 32.7 Å². The van der Waals surface area contributed by atoms with Gasteiger partial charge in [-0.1, -0.05) is 25.1 Å². The number of hydrogen-bond donors (Lipinski definition) is 1. The number of carbonyl (C=O) groups excluding carboxylic acids is 3. The zero-order valence-electron chi connectivity index (χ0n) is 20.2. The number of benzene rings is 2. The molecule has 4 rings (SSSR count). The lowest BCUT2D eigenvalue weighted by Gasteiger charge is -2.29. The second-order valence-electron chi connectivity index (χ2n) is 8.47. The Morgan fingerprint density at radius 3 is 2.69 bits per heavy atom. The zero-order chi connectivity index (χ0) is 25.3. The minimum Gasteiger partial charge on any atom is -0.485 e. The molecule has 0 unspecified atom stereocenters. The predicted octanol–water partition coefficient (Wildman–Crippen LogP) is 3.73. The molecule has 0 saturated carbocycles. The van der Waals surface area contributed by atoms with E-state index in [1.54, 1.807) is 35.5 Å². The van der Waals surface area contributed by atoms with Crippen LogP contribution < -0.4 is 19.7 Å². The van der Waals surface area contributed by atoms with Crippen molar-refractivity contribution in [3.8, 4) is 11.5 Å². The van der Waals surface area contributed by atoms with Gasteiger partial charge in [0.1, 0.15) is 11.5 Å². The molecule has 3 aromatic rings. The monoisotopic (exact) mass is 487 g/mol. The maximum absolute atomic E-state index is 12.8. The largest absolute Gasteiger partial charge is 0.485 e. The smallest absolute Gasteiger partial charge is 0.265 e. The molecule has 0 bridgehead atoms. The molecule has 0 atom stereocenters. The lowest BCUT2D eigenvalue weighted by atomic mass is 10.1. The van der Waals surface area contributed by atoms with Crippen molar-refractivity contribution in [3.63, 3.8) is 0 Å². The van der Waals surface area contributed by atoms with Crippen molar-refractivity contribution >= 4 is 23.3 Å². The number of fused-ring (bicyclic) bond motifs is 1. The fourth-order valence-corrected chi connectivity index (χ4v) is 3.86. The van der Waals surface area contributed by atoms with Crippen LogP contribution in [0.2, 0.25) is 0 Å². The number of Topliss-reactive ketones (excluding diaryl/α,β-unsaturated/α-hetero) is 1. The first-order chi connectivity index (χ1) is 17.5. The quantitative estimate of drug-likeness (QED) is 0.414. The zero-order valence-corrected chi connectivity index (χ0v) is 20.2. The second kappa shape index (κ2) is 12.0. The van der Waals surface area contributed by atoms with Gasteiger partial charge in [0.05, 0.1) is 5.69 Å². The van der Waals surface area contributed by atoms with E-state index in [0.29, 0.717) is 42.3 Å². The highest BCUT2D eigenvalue weighted by Crippen LogP contribution is 2.33. The fraction of sp³-hybridized carbons (Fsp3) is 0.286. The molecule has 36 heavy (non-hydrogen) atoms. The number of amides is 2. The molecule has 1 N–H and O–H groups in total. The van der Waals surface area contributed by atoms with E-state index in [1.165, 1.54) is 5.56 Å². The Kier molecular flexibility index (Phi) is 8.28. The standard InChI is InChI=1S/C28H29N3O5/c1-2-20-7-10-23(11-8-20)35-18-25(32)22-9-12-26-24(15-22)31(28(34)19-36-26)14-4-6-27(33)30-17-21-5-3-13-29-16-21/h3,5,7-13,15-16H,2,4,6,14,17-19H2,1H3,(H,30,33). The average Bonchev–Trinajstić information content (AvgIpc) is 2.92. The van der Waals surface area contributed by atoms with Crippen molar-refractivity contribution in [1.29, 1.82) is 0 Å². The molecule has 1 aliphatic rings. The summed E-state index contributed by atoms with van der Waals surface area (Å²) in [5.74, 6) is 0.636. The van der Waals surface area contributed by atoms with E-state index in [2.05, 4.69) is 17.2 Å². The van der Waals surface area contributed by atoms with Crippen molar-refractivity contribution in [3.05, 3.63) is 83.7 Å². The third-order valence-electron chi connectivity index (χ3n) is 5.92. The van der Waals surface area contributed by atoms with Gasteiger partial charge >= 0.3 is 0 Å². The molecule has 0 radical (unpaired) electrons. The Morgan fingerprint density at radius 2 is 1.94 bits per heavy atom. The molecule has 2 amide bonds. The summed E-state index contributed by atoms with van der Waals surface area (Å²) >= 11 is 0. The highest BCUT2D eigenvalue weighted by molar-refractivity contribution is 6.02. The van der Waals surface area contributed by atoms with Crippen molar-refractivity contribution in [2.75, 3.05) is 24.7 Å². The number of rotatable bonds is 11. The molecule has 1 aliphatic heterocycles. The predicted molar refractivity (Wildman–Crippen MR) is 135 cm³/mol. The van der Waals surface area contributed by atoms with Gasteiger partial charge in [-0.2, -0.15) is 0 Å². The first-order valence-corrected chi connectivity index (χ1v) is 12.0. The van der Waals surface area contributed by atoms with Crippen LogP contribution in [-0.4, -0.2) is 42.3 Å². The van der Waals surface area contributed by atoms with E-state index in [-0.39, 0.29) is 37.2 Å². The van der Waals surface area contributed by atoms with Gasteiger partial charge in [-0.05, 0) is 60.4 Å². The molecule has 0 aliphatic carbocycles. The van der Waals surface area contributed by atoms with Crippen molar-refractivity contribution < 1.29 is 23.9 Å². The van der Waals surface area contributed by atoms with Gasteiger partial charge in [-0.15, -0.1) is 0 Å². The van der Waals surface area contributed by atoms with Gasteiger partial charge in [0.25, 0.3) is 5.91 Å². The fourth-order valence-electron chi connectivity index (χ4n) is 3.86. The van der Waals surface area contributed by atoms with E-state index < -0.39 is 0 Å². The van der Waals surface area contributed by atoms with Crippen molar-refractivity contribution in [2.24, 2.45) is 0 Å². The summed E-state index contributed by atoms with van der Waals surface area (Å²) in [5.41, 5.74) is 3.07. The van der Waals surface area contributed by atoms with Crippen LogP contribution >= 0.6 is 0 Å². The number of pyridine rings is 1. The van der Waals surface area contributed by atoms with Crippen LogP contribution in [0.15, 0.2) is 67.0 Å². The molecular formula is C28H29N3O5. The number of hydrogen-bond acceptors (Lipinski definition) is 6. The molecule has 0 saturated heterocycles. The number of nitrogens with one attached hydrogen (secondary N) is 1. The number of carbonyl (C=O) groups is 3. The summed E-state index contributed by atoms with van der Waals surface area (Å²) < 4.78 is 11.2. The van der Waals surface area contributed by atoms with Crippen LogP contribution in [0.5, 0.6) is 11.5 Å². The lowest BCUT2D eigenvalue weighted by Crippen LogP contribution is -2.40. The van der Waals surface area contributed by atoms with E-state index >= 15 is 0 Å². The second-order valence-corrected chi connectivity index (χ2v) is 8.47. The first-order valence-electron chi connectivity index (χ1n) is 12.0. The van der Waals surface area contributed by atoms with Gasteiger partial charge in [0.2, 0.25) is 5.91 Å². The molecule has 8 nitrogen and oxygen atoms in total. The Morgan fingerprint density at radius 1 is 1.11 bits per heavy atom. The van der Waals surface area contributed by atoms with Crippen LogP contribution in [0.4, 0.5) is 5.69 Å². The average molecular weight is 488 g/mol. The maximum atomic E-state index is 12.8. The van der Waals surface area contributed by atoms with Gasteiger partial charge in [0, 0.05) is 37.5 Å². The summed E-state index contributed by atoms with van der Waals surface area (Å²) in [4.78, 5) is 43.2. The lowest BCUT2D eigenvalue weighted by molar-refractivity contribution is -0.123. The van der Waals surface area contributed by atoms with Crippen LogP contribution in [-0.2, 0) is 22.6 Å². The molecule has 2 aromatic carbocycles. The summed E-state index contributed by atoms with van der Waals surface area (Å²) in [6, 6.07) is 16.4. The molecule has 8 heteroatoms. The summed E-state index contributed by atoms with van der Waals surface area (Å²) in [6.07, 6.45) is 5.06. The number of anilines is 1. The summed E-state index contributed by atoms with van der Waals surface area (Å²) in [6.45, 7) is 2.63. The Balaban J connectivity index is 1.33.